The van der Waals surface area contributed by atoms with Gasteiger partial charge in [-0.2, -0.15) is 0 Å². The fourth-order valence-electron chi connectivity index (χ4n) is 3.05. The van der Waals surface area contributed by atoms with Crippen LogP contribution < -0.4 is 20.1 Å². The fraction of sp³-hybridized carbons (Fsp3) is 0.350. The first-order valence-electron chi connectivity index (χ1n) is 9.32. The number of fused-ring (bicyclic) bond motifs is 1. The average Bonchev–Trinajstić information content (AvgIpc) is 3.52. The van der Waals surface area contributed by atoms with Gasteiger partial charge in [-0.25, -0.2) is 0 Å². The molecule has 0 saturated heterocycles. The number of nitro groups is 1. The Kier molecular flexibility index (Phi) is 5.01. The molecule has 0 bridgehead atoms. The van der Waals surface area contributed by atoms with E-state index in [-0.39, 0.29) is 23.2 Å². The molecule has 8 heteroatoms. The minimum absolute atomic E-state index is 0.136. The van der Waals surface area contributed by atoms with Crippen LogP contribution in [0, 0.1) is 10.1 Å². The van der Waals surface area contributed by atoms with Gasteiger partial charge in [0.2, 0.25) is 0 Å². The van der Waals surface area contributed by atoms with Crippen molar-refractivity contribution in [2.24, 2.45) is 0 Å². The highest BCUT2D eigenvalue weighted by Gasteiger charge is 2.25. The maximum atomic E-state index is 12.2. The topological polar surface area (TPSA) is 103 Å². The van der Waals surface area contributed by atoms with Gasteiger partial charge in [0.15, 0.2) is 11.5 Å². The van der Waals surface area contributed by atoms with Crippen LogP contribution in [0.3, 0.4) is 0 Å². The van der Waals surface area contributed by atoms with Crippen LogP contribution in [0.5, 0.6) is 11.5 Å². The molecule has 1 amide bonds. The number of nitrogens with one attached hydrogen (secondary N) is 2. The second-order valence-corrected chi connectivity index (χ2v) is 6.89. The van der Waals surface area contributed by atoms with Gasteiger partial charge in [-0.15, -0.1) is 0 Å². The summed E-state index contributed by atoms with van der Waals surface area (Å²) in [4.78, 5) is 23.2. The van der Waals surface area contributed by atoms with Crippen LogP contribution in [0.4, 0.5) is 11.4 Å². The third-order valence-corrected chi connectivity index (χ3v) is 4.69. The van der Waals surface area contributed by atoms with Crippen molar-refractivity contribution in [3.05, 3.63) is 57.6 Å². The van der Waals surface area contributed by atoms with E-state index >= 15 is 0 Å². The Morgan fingerprint density at radius 2 is 2.00 bits per heavy atom. The first kappa shape index (κ1) is 18.1. The molecule has 1 heterocycles. The molecule has 146 valence electrons. The molecule has 1 saturated carbocycles. The molecule has 8 nitrogen and oxygen atoms in total. The maximum Gasteiger partial charge on any atom is 0.293 e. The summed E-state index contributed by atoms with van der Waals surface area (Å²) < 4.78 is 11.5. The van der Waals surface area contributed by atoms with Crippen molar-refractivity contribution in [3.8, 4) is 11.5 Å². The summed E-state index contributed by atoms with van der Waals surface area (Å²) in [6, 6.07) is 10.3. The molecule has 1 fully saturated rings. The zero-order valence-electron chi connectivity index (χ0n) is 15.3. The van der Waals surface area contributed by atoms with Crippen LogP contribution in [0.25, 0.3) is 0 Å². The largest absolute Gasteiger partial charge is 0.490 e. The highest BCUT2D eigenvalue weighted by molar-refractivity contribution is 5.96. The zero-order valence-corrected chi connectivity index (χ0v) is 15.3. The van der Waals surface area contributed by atoms with E-state index in [1.54, 1.807) is 12.1 Å². The molecule has 0 aromatic heterocycles. The van der Waals surface area contributed by atoms with Crippen LogP contribution in [-0.2, 0) is 6.54 Å². The van der Waals surface area contributed by atoms with Gasteiger partial charge in [0.05, 0.1) is 18.1 Å². The van der Waals surface area contributed by atoms with Crippen molar-refractivity contribution in [2.75, 3.05) is 18.5 Å². The molecule has 0 radical (unpaired) electrons. The standard InChI is InChI=1S/C20H21N3O5/c24-20(22-15-6-7-15)13-5-8-16(17(11-13)23(25)26)21-12-14-3-1-4-18-19(14)28-10-2-9-27-18/h1,3-5,8,11,15,21H,2,6-7,9-10,12H2,(H,22,24). The molecule has 2 aromatic carbocycles. The lowest BCUT2D eigenvalue weighted by molar-refractivity contribution is -0.384. The number of para-hydroxylation sites is 1. The van der Waals surface area contributed by atoms with Crippen LogP contribution in [0.15, 0.2) is 36.4 Å². The van der Waals surface area contributed by atoms with Crippen molar-refractivity contribution in [1.82, 2.24) is 5.32 Å². The highest BCUT2D eigenvalue weighted by Crippen LogP contribution is 2.34. The Bertz CT molecular complexity index is 911. The Labute approximate surface area is 162 Å². The lowest BCUT2D eigenvalue weighted by atomic mass is 10.1. The predicted molar refractivity (Wildman–Crippen MR) is 103 cm³/mol. The predicted octanol–water partition coefficient (Wildman–Crippen LogP) is 3.26. The number of rotatable bonds is 6. The summed E-state index contributed by atoms with van der Waals surface area (Å²) >= 11 is 0. The van der Waals surface area contributed by atoms with Gasteiger partial charge in [-0.1, -0.05) is 12.1 Å². The van der Waals surface area contributed by atoms with Gasteiger partial charge in [-0.05, 0) is 31.0 Å². The molecule has 2 aliphatic rings. The van der Waals surface area contributed by atoms with Crippen molar-refractivity contribution >= 4 is 17.3 Å². The van der Waals surface area contributed by atoms with Gasteiger partial charge in [-0.3, -0.25) is 14.9 Å². The third kappa shape index (κ3) is 4.00. The van der Waals surface area contributed by atoms with E-state index in [1.165, 1.54) is 6.07 Å². The second-order valence-electron chi connectivity index (χ2n) is 6.89. The summed E-state index contributed by atoms with van der Waals surface area (Å²) in [5.74, 6) is 1.06. The monoisotopic (exact) mass is 383 g/mol. The number of hydrogen-bond acceptors (Lipinski definition) is 6. The van der Waals surface area contributed by atoms with Gasteiger partial charge in [0.25, 0.3) is 11.6 Å². The SMILES string of the molecule is O=C(NC1CC1)c1ccc(NCc2cccc3c2OCCCO3)c([N+](=O)[O-])c1. The Balaban J connectivity index is 1.53. The smallest absolute Gasteiger partial charge is 0.293 e. The first-order valence-corrected chi connectivity index (χ1v) is 9.32. The number of amides is 1. The summed E-state index contributed by atoms with van der Waals surface area (Å²) in [5, 5.41) is 17.4. The first-order chi connectivity index (χ1) is 13.6. The molecule has 2 aromatic rings. The highest BCUT2D eigenvalue weighted by atomic mass is 16.6. The van der Waals surface area contributed by atoms with Crippen LogP contribution in [-0.4, -0.2) is 30.1 Å². The van der Waals surface area contributed by atoms with Crippen LogP contribution >= 0.6 is 0 Å². The average molecular weight is 383 g/mol. The second kappa shape index (κ2) is 7.75. The molecular formula is C20H21N3O5. The van der Waals surface area contributed by atoms with Crippen molar-refractivity contribution in [2.45, 2.75) is 31.8 Å². The molecule has 28 heavy (non-hydrogen) atoms. The third-order valence-electron chi connectivity index (χ3n) is 4.69. The number of nitro benzene ring substituents is 1. The van der Waals surface area contributed by atoms with Crippen molar-refractivity contribution < 1.29 is 19.2 Å². The van der Waals surface area contributed by atoms with Crippen LogP contribution in [0.2, 0.25) is 0 Å². The van der Waals surface area contributed by atoms with Crippen molar-refractivity contribution in [1.29, 1.82) is 0 Å². The van der Waals surface area contributed by atoms with E-state index < -0.39 is 4.92 Å². The van der Waals surface area contributed by atoms with E-state index in [1.807, 2.05) is 18.2 Å². The number of carbonyl (C=O) groups is 1. The molecule has 0 unspecified atom stereocenters. The van der Waals surface area contributed by atoms with E-state index in [4.69, 9.17) is 9.47 Å². The summed E-state index contributed by atoms with van der Waals surface area (Å²) in [6.45, 7) is 1.50. The fourth-order valence-corrected chi connectivity index (χ4v) is 3.05. The van der Waals surface area contributed by atoms with Gasteiger partial charge < -0.3 is 20.1 Å². The zero-order chi connectivity index (χ0) is 19.5. The van der Waals surface area contributed by atoms with E-state index in [9.17, 15) is 14.9 Å². The number of anilines is 1. The minimum atomic E-state index is -0.485. The normalized spacial score (nSPS) is 15.4. The number of nitrogens with zero attached hydrogens (tertiary/aromatic N) is 1. The molecule has 0 atom stereocenters. The summed E-state index contributed by atoms with van der Waals surface area (Å²) in [7, 11) is 0. The summed E-state index contributed by atoms with van der Waals surface area (Å²) in [5.41, 5.74) is 1.35. The number of hydrogen-bond donors (Lipinski definition) is 2. The lowest BCUT2D eigenvalue weighted by Crippen LogP contribution is -2.25. The molecular weight excluding hydrogens is 362 g/mol. The quantitative estimate of drug-likeness (QED) is 0.586. The molecule has 4 rings (SSSR count). The Morgan fingerprint density at radius 3 is 2.79 bits per heavy atom. The number of carbonyl (C=O) groups excluding carboxylic acids is 1. The van der Waals surface area contributed by atoms with Crippen LogP contribution in [0.1, 0.15) is 35.2 Å². The molecule has 2 N–H and O–H groups in total. The van der Waals surface area contributed by atoms with Gasteiger partial charge in [0, 0.05) is 36.2 Å². The van der Waals surface area contributed by atoms with E-state index in [0.717, 1.165) is 24.8 Å². The minimum Gasteiger partial charge on any atom is -0.490 e. The number of ether oxygens (including phenoxy) is 2. The molecule has 1 aliphatic carbocycles. The summed E-state index contributed by atoms with van der Waals surface area (Å²) in [6.07, 6.45) is 2.72. The van der Waals surface area contributed by atoms with E-state index in [0.29, 0.717) is 36.9 Å². The Morgan fingerprint density at radius 1 is 1.18 bits per heavy atom. The van der Waals surface area contributed by atoms with Crippen molar-refractivity contribution in [3.63, 3.8) is 0 Å². The molecule has 0 spiro atoms. The van der Waals surface area contributed by atoms with E-state index in [2.05, 4.69) is 10.6 Å². The lowest BCUT2D eigenvalue weighted by Gasteiger charge is -2.14. The van der Waals surface area contributed by atoms with Gasteiger partial charge in [0.1, 0.15) is 5.69 Å². The molecule has 1 aliphatic heterocycles. The maximum absolute atomic E-state index is 12.2. The Hall–Kier alpha value is -3.29. The number of benzene rings is 2. The van der Waals surface area contributed by atoms with Gasteiger partial charge >= 0.3 is 0 Å².